The van der Waals surface area contributed by atoms with Crippen LogP contribution < -0.4 is 9.64 Å². The van der Waals surface area contributed by atoms with Crippen LogP contribution in [-0.2, 0) is 16.0 Å². The number of hydrogen-bond acceptors (Lipinski definition) is 3. The van der Waals surface area contributed by atoms with Gasteiger partial charge in [0, 0.05) is 0 Å². The van der Waals surface area contributed by atoms with Crippen molar-refractivity contribution in [3.63, 3.8) is 0 Å². The molecule has 90 valence electrons. The Labute approximate surface area is 98.6 Å². The fourth-order valence-corrected chi connectivity index (χ4v) is 1.78. The molecule has 0 radical (unpaired) electrons. The molecule has 1 aliphatic rings. The van der Waals surface area contributed by atoms with Gasteiger partial charge in [0.1, 0.15) is 12.3 Å². The molecule has 0 bridgehead atoms. The fraction of sp³-hybridized carbons (Fsp3) is 0.333. The van der Waals surface area contributed by atoms with Gasteiger partial charge in [-0.2, -0.15) is 0 Å². The second kappa shape index (κ2) is 4.45. The minimum atomic E-state index is -1.04. The van der Waals surface area contributed by atoms with E-state index in [9.17, 15) is 9.59 Å². The summed E-state index contributed by atoms with van der Waals surface area (Å²) in [7, 11) is 0. The van der Waals surface area contributed by atoms with Gasteiger partial charge < -0.3 is 9.84 Å². The molecular weight excluding hydrogens is 222 g/mol. The largest absolute Gasteiger partial charge is 0.482 e. The van der Waals surface area contributed by atoms with E-state index >= 15 is 0 Å². The first kappa shape index (κ1) is 11.4. The van der Waals surface area contributed by atoms with Crippen molar-refractivity contribution in [3.8, 4) is 5.75 Å². The molecule has 5 heteroatoms. The monoisotopic (exact) mass is 235 g/mol. The predicted octanol–water partition coefficient (Wildman–Crippen LogP) is 1.06. The van der Waals surface area contributed by atoms with Gasteiger partial charge >= 0.3 is 5.97 Å². The minimum Gasteiger partial charge on any atom is -0.482 e. The maximum absolute atomic E-state index is 11.6. The average molecular weight is 235 g/mol. The van der Waals surface area contributed by atoms with Gasteiger partial charge in [-0.15, -0.1) is 0 Å². The van der Waals surface area contributed by atoms with E-state index < -0.39 is 5.97 Å². The lowest BCUT2D eigenvalue weighted by Crippen LogP contribution is -2.41. The first-order chi connectivity index (χ1) is 8.11. The lowest BCUT2D eigenvalue weighted by atomic mass is 10.1. The Morgan fingerprint density at radius 1 is 1.53 bits per heavy atom. The minimum absolute atomic E-state index is 0.104. The Bertz CT molecular complexity index is 470. The third kappa shape index (κ3) is 2.22. The lowest BCUT2D eigenvalue weighted by Gasteiger charge is -2.28. The lowest BCUT2D eigenvalue weighted by molar-refractivity contribution is -0.137. The molecule has 0 unspecified atom stereocenters. The molecule has 0 saturated carbocycles. The van der Waals surface area contributed by atoms with Crippen LogP contribution in [0.1, 0.15) is 12.5 Å². The molecule has 17 heavy (non-hydrogen) atoms. The number of carboxylic acids is 1. The van der Waals surface area contributed by atoms with Crippen LogP contribution in [-0.4, -0.2) is 30.1 Å². The molecule has 1 aromatic carbocycles. The SMILES string of the molecule is CCc1ccc2c(c1)OCC(=O)N2CC(=O)O. The Balaban J connectivity index is 2.37. The molecule has 0 saturated heterocycles. The van der Waals surface area contributed by atoms with Gasteiger partial charge in [-0.05, 0) is 24.1 Å². The molecule has 1 amide bonds. The summed E-state index contributed by atoms with van der Waals surface area (Å²) in [6.45, 7) is 1.58. The van der Waals surface area contributed by atoms with E-state index in [0.717, 1.165) is 12.0 Å². The number of anilines is 1. The predicted molar refractivity (Wildman–Crippen MR) is 61.3 cm³/mol. The number of carbonyl (C=O) groups excluding carboxylic acids is 1. The highest BCUT2D eigenvalue weighted by Crippen LogP contribution is 2.32. The van der Waals surface area contributed by atoms with Crippen LogP contribution in [0.3, 0.4) is 0 Å². The summed E-state index contributed by atoms with van der Waals surface area (Å²) in [6.07, 6.45) is 0.865. The molecule has 1 heterocycles. The van der Waals surface area contributed by atoms with Crippen molar-refractivity contribution in [2.24, 2.45) is 0 Å². The number of fused-ring (bicyclic) bond motifs is 1. The number of hydrogen-bond donors (Lipinski definition) is 1. The summed E-state index contributed by atoms with van der Waals surface area (Å²) in [5.74, 6) is -0.792. The van der Waals surface area contributed by atoms with E-state index in [1.54, 1.807) is 6.07 Å². The zero-order valence-electron chi connectivity index (χ0n) is 9.47. The van der Waals surface area contributed by atoms with Gasteiger partial charge in [-0.3, -0.25) is 14.5 Å². The van der Waals surface area contributed by atoms with Gasteiger partial charge in [0.2, 0.25) is 0 Å². The number of nitrogens with zero attached hydrogens (tertiary/aromatic N) is 1. The Kier molecular flexibility index (Phi) is 2.99. The number of benzene rings is 1. The molecule has 5 nitrogen and oxygen atoms in total. The summed E-state index contributed by atoms with van der Waals surface area (Å²) >= 11 is 0. The second-order valence-electron chi connectivity index (χ2n) is 3.82. The van der Waals surface area contributed by atoms with E-state index in [4.69, 9.17) is 9.84 Å². The molecule has 0 aliphatic carbocycles. The van der Waals surface area contributed by atoms with Crippen LogP contribution in [0.4, 0.5) is 5.69 Å². The van der Waals surface area contributed by atoms with E-state index in [0.29, 0.717) is 11.4 Å². The zero-order valence-corrected chi connectivity index (χ0v) is 9.47. The normalized spacial score (nSPS) is 14.2. The number of amides is 1. The molecule has 2 rings (SSSR count). The van der Waals surface area contributed by atoms with Gasteiger partial charge in [0.15, 0.2) is 6.61 Å². The highest BCUT2D eigenvalue weighted by atomic mass is 16.5. The summed E-state index contributed by atoms with van der Waals surface area (Å²) < 4.78 is 5.31. The van der Waals surface area contributed by atoms with Crippen molar-refractivity contribution in [1.29, 1.82) is 0 Å². The van der Waals surface area contributed by atoms with Crippen molar-refractivity contribution < 1.29 is 19.4 Å². The van der Waals surface area contributed by atoms with E-state index in [2.05, 4.69) is 0 Å². The standard InChI is InChI=1S/C12H13NO4/c1-2-8-3-4-9-10(5-8)17-7-11(14)13(9)6-12(15)16/h3-5H,2,6-7H2,1H3,(H,15,16). The van der Waals surface area contributed by atoms with Crippen LogP contribution in [0.2, 0.25) is 0 Å². The van der Waals surface area contributed by atoms with Gasteiger partial charge in [0.05, 0.1) is 5.69 Å². The van der Waals surface area contributed by atoms with Crippen molar-refractivity contribution in [3.05, 3.63) is 23.8 Å². The molecule has 0 aromatic heterocycles. The van der Waals surface area contributed by atoms with E-state index in [1.165, 1.54) is 4.90 Å². The summed E-state index contributed by atoms with van der Waals surface area (Å²) in [5.41, 5.74) is 1.62. The first-order valence-electron chi connectivity index (χ1n) is 5.39. The topological polar surface area (TPSA) is 66.8 Å². The Hall–Kier alpha value is -2.04. The van der Waals surface area contributed by atoms with Crippen LogP contribution in [0.5, 0.6) is 5.75 Å². The molecule has 1 N–H and O–H groups in total. The van der Waals surface area contributed by atoms with Gasteiger partial charge in [-0.1, -0.05) is 13.0 Å². The second-order valence-corrected chi connectivity index (χ2v) is 3.82. The average Bonchev–Trinajstić information content (AvgIpc) is 2.32. The van der Waals surface area contributed by atoms with Crippen molar-refractivity contribution >= 4 is 17.6 Å². The smallest absolute Gasteiger partial charge is 0.323 e. The quantitative estimate of drug-likeness (QED) is 0.850. The van der Waals surface area contributed by atoms with Crippen molar-refractivity contribution in [2.45, 2.75) is 13.3 Å². The summed E-state index contributed by atoms with van der Waals surface area (Å²) in [5, 5.41) is 8.78. The zero-order chi connectivity index (χ0) is 12.4. The molecular formula is C12H13NO4. The highest BCUT2D eigenvalue weighted by molar-refractivity contribution is 6.01. The van der Waals surface area contributed by atoms with Crippen LogP contribution in [0.25, 0.3) is 0 Å². The molecule has 0 fully saturated rings. The Morgan fingerprint density at radius 2 is 2.29 bits per heavy atom. The van der Waals surface area contributed by atoms with E-state index in [1.807, 2.05) is 19.1 Å². The first-order valence-corrected chi connectivity index (χ1v) is 5.39. The number of carboxylic acid groups (broad SMARTS) is 1. The molecule has 1 aromatic rings. The van der Waals surface area contributed by atoms with Crippen molar-refractivity contribution in [1.82, 2.24) is 0 Å². The maximum atomic E-state index is 11.6. The number of aliphatic carboxylic acids is 1. The number of rotatable bonds is 3. The van der Waals surface area contributed by atoms with Gasteiger partial charge in [0.25, 0.3) is 5.91 Å². The highest BCUT2D eigenvalue weighted by Gasteiger charge is 2.27. The third-order valence-corrected chi connectivity index (χ3v) is 2.67. The summed E-state index contributed by atoms with van der Waals surface area (Å²) in [4.78, 5) is 23.5. The number of aryl methyl sites for hydroxylation is 1. The molecule has 0 atom stereocenters. The number of ether oxygens (including phenoxy) is 1. The third-order valence-electron chi connectivity index (χ3n) is 2.67. The number of carbonyl (C=O) groups is 2. The fourth-order valence-electron chi connectivity index (χ4n) is 1.78. The van der Waals surface area contributed by atoms with Gasteiger partial charge in [-0.25, -0.2) is 0 Å². The van der Waals surface area contributed by atoms with E-state index in [-0.39, 0.29) is 19.1 Å². The van der Waals surface area contributed by atoms with Crippen LogP contribution in [0, 0.1) is 0 Å². The molecule has 1 aliphatic heterocycles. The van der Waals surface area contributed by atoms with Crippen LogP contribution >= 0.6 is 0 Å². The Morgan fingerprint density at radius 3 is 2.94 bits per heavy atom. The maximum Gasteiger partial charge on any atom is 0.323 e. The molecule has 0 spiro atoms. The summed E-state index contributed by atoms with van der Waals surface area (Å²) in [6, 6.07) is 5.44. The van der Waals surface area contributed by atoms with Crippen molar-refractivity contribution in [2.75, 3.05) is 18.1 Å². The van der Waals surface area contributed by atoms with Crippen LogP contribution in [0.15, 0.2) is 18.2 Å².